The van der Waals surface area contributed by atoms with Gasteiger partial charge < -0.3 is 4.90 Å². The van der Waals surface area contributed by atoms with Gasteiger partial charge in [0.25, 0.3) is 0 Å². The van der Waals surface area contributed by atoms with E-state index in [0.29, 0.717) is 11.8 Å². The van der Waals surface area contributed by atoms with Crippen molar-refractivity contribution in [3.63, 3.8) is 0 Å². The third-order valence-electron chi connectivity index (χ3n) is 1.44. The van der Waals surface area contributed by atoms with E-state index < -0.39 is 0 Å². The monoisotopic (exact) mass is 269 g/mol. The molecule has 0 aromatic carbocycles. The zero-order valence-electron chi connectivity index (χ0n) is 9.08. The molecule has 0 bridgehead atoms. The van der Waals surface area contributed by atoms with Crippen molar-refractivity contribution in [3.8, 4) is 0 Å². The molecule has 0 aromatic heterocycles. The van der Waals surface area contributed by atoms with Crippen LogP contribution in [0.3, 0.4) is 0 Å². The van der Waals surface area contributed by atoms with Crippen molar-refractivity contribution in [2.24, 2.45) is 11.8 Å². The van der Waals surface area contributed by atoms with E-state index in [1.807, 2.05) is 0 Å². The summed E-state index contributed by atoms with van der Waals surface area (Å²) in [6.45, 7) is 10.8. The Balaban J connectivity index is 0. The zero-order valence-corrected chi connectivity index (χ0v) is 13.8. The van der Waals surface area contributed by atoms with Gasteiger partial charge in [0.15, 0.2) is 0 Å². The summed E-state index contributed by atoms with van der Waals surface area (Å²) in [5.74, 6) is 1.29. The summed E-state index contributed by atoms with van der Waals surface area (Å²) in [6, 6.07) is 0. The second-order valence-corrected chi connectivity index (χ2v) is 5.09. The molecule has 0 unspecified atom stereocenters. The van der Waals surface area contributed by atoms with Gasteiger partial charge in [-0.3, -0.25) is 0 Å². The first-order valence-corrected chi connectivity index (χ1v) is 5.27. The SMILES string of the molecule is CC(C)CN(CC(C)C)C(=S)S.[Zn+2]. The molecule has 0 spiro atoms. The summed E-state index contributed by atoms with van der Waals surface area (Å²) in [7, 11) is 0. The van der Waals surface area contributed by atoms with Crippen LogP contribution in [0.1, 0.15) is 27.7 Å². The zero-order chi connectivity index (χ0) is 9.72. The predicted octanol–water partition coefficient (Wildman–Crippen LogP) is 2.81. The average molecular weight is 271 g/mol. The summed E-state index contributed by atoms with van der Waals surface area (Å²) in [6.07, 6.45) is 0. The van der Waals surface area contributed by atoms with Gasteiger partial charge >= 0.3 is 19.5 Å². The van der Waals surface area contributed by atoms with E-state index in [1.165, 1.54) is 0 Å². The molecular weight excluding hydrogens is 252 g/mol. The van der Waals surface area contributed by atoms with Crippen molar-refractivity contribution in [1.82, 2.24) is 4.90 Å². The van der Waals surface area contributed by atoms with E-state index in [2.05, 4.69) is 45.2 Å². The molecule has 0 aromatic rings. The van der Waals surface area contributed by atoms with Crippen LogP contribution in [0.5, 0.6) is 0 Å². The molecule has 0 aliphatic carbocycles. The molecule has 0 aliphatic heterocycles. The molecule has 0 heterocycles. The van der Waals surface area contributed by atoms with Crippen LogP contribution in [0.4, 0.5) is 0 Å². The van der Waals surface area contributed by atoms with Crippen LogP contribution in [-0.2, 0) is 19.5 Å². The Morgan fingerprint density at radius 3 is 1.62 bits per heavy atom. The Kier molecular flexibility index (Phi) is 10.3. The van der Waals surface area contributed by atoms with Crippen LogP contribution in [0.15, 0.2) is 0 Å². The predicted molar refractivity (Wildman–Crippen MR) is 62.8 cm³/mol. The Bertz CT molecular complexity index is 139. The van der Waals surface area contributed by atoms with Gasteiger partial charge in [0, 0.05) is 13.1 Å². The average Bonchev–Trinajstić information content (AvgIpc) is 1.83. The van der Waals surface area contributed by atoms with E-state index in [-0.39, 0.29) is 19.5 Å². The van der Waals surface area contributed by atoms with E-state index in [0.717, 1.165) is 17.4 Å². The molecule has 0 aliphatic rings. The van der Waals surface area contributed by atoms with Gasteiger partial charge in [-0.1, -0.05) is 39.9 Å². The fraction of sp³-hybridized carbons (Fsp3) is 0.889. The van der Waals surface area contributed by atoms with Crippen molar-refractivity contribution in [3.05, 3.63) is 0 Å². The number of nitrogens with zero attached hydrogens (tertiary/aromatic N) is 1. The van der Waals surface area contributed by atoms with Crippen LogP contribution in [0.25, 0.3) is 0 Å². The maximum absolute atomic E-state index is 5.04. The number of thiocarbonyl (C=S) groups is 1. The number of thiol groups is 1. The molecule has 0 amide bonds. The molecule has 0 saturated heterocycles. The summed E-state index contributed by atoms with van der Waals surface area (Å²) < 4.78 is 0.720. The Morgan fingerprint density at radius 1 is 1.15 bits per heavy atom. The summed E-state index contributed by atoms with van der Waals surface area (Å²) in [5.41, 5.74) is 0. The van der Waals surface area contributed by atoms with Crippen molar-refractivity contribution < 1.29 is 19.5 Å². The first-order chi connectivity index (χ1) is 5.43. The topological polar surface area (TPSA) is 3.24 Å². The van der Waals surface area contributed by atoms with Gasteiger partial charge in [-0.05, 0) is 11.8 Å². The number of hydrogen-bond donors (Lipinski definition) is 1. The van der Waals surface area contributed by atoms with Gasteiger partial charge in [-0.25, -0.2) is 0 Å². The van der Waals surface area contributed by atoms with Crippen LogP contribution >= 0.6 is 24.8 Å². The van der Waals surface area contributed by atoms with Crippen molar-refractivity contribution in [1.29, 1.82) is 0 Å². The molecule has 1 nitrogen and oxygen atoms in total. The minimum absolute atomic E-state index is 0. The third kappa shape index (κ3) is 9.17. The Hall–Kier alpha value is 0.863. The maximum Gasteiger partial charge on any atom is 2.00 e. The molecule has 72 valence electrons. The van der Waals surface area contributed by atoms with Crippen LogP contribution < -0.4 is 0 Å². The molecule has 0 saturated carbocycles. The molecular formula is C9H19NS2Zn+2. The third-order valence-corrected chi connectivity index (χ3v) is 1.98. The van der Waals surface area contributed by atoms with Crippen LogP contribution in [0.2, 0.25) is 0 Å². The molecule has 0 radical (unpaired) electrons. The van der Waals surface area contributed by atoms with E-state index in [9.17, 15) is 0 Å². The first-order valence-electron chi connectivity index (χ1n) is 4.41. The second-order valence-electron chi connectivity index (χ2n) is 3.98. The fourth-order valence-corrected chi connectivity index (χ4v) is 1.42. The Labute approximate surface area is 106 Å². The number of hydrogen-bond acceptors (Lipinski definition) is 1. The molecule has 0 rings (SSSR count). The van der Waals surface area contributed by atoms with Gasteiger partial charge in [-0.2, -0.15) is 0 Å². The van der Waals surface area contributed by atoms with E-state index >= 15 is 0 Å². The molecule has 13 heavy (non-hydrogen) atoms. The normalized spacial score (nSPS) is 10.1. The van der Waals surface area contributed by atoms with E-state index in [1.54, 1.807) is 0 Å². The van der Waals surface area contributed by atoms with Gasteiger partial charge in [0.2, 0.25) is 0 Å². The number of rotatable bonds is 4. The van der Waals surface area contributed by atoms with Gasteiger partial charge in [0.05, 0.1) is 0 Å². The summed E-state index contributed by atoms with van der Waals surface area (Å²) in [5, 5.41) is 0. The van der Waals surface area contributed by atoms with Crippen LogP contribution in [0, 0.1) is 11.8 Å². The van der Waals surface area contributed by atoms with Crippen LogP contribution in [-0.4, -0.2) is 22.3 Å². The quantitative estimate of drug-likeness (QED) is 0.475. The Morgan fingerprint density at radius 2 is 1.46 bits per heavy atom. The van der Waals surface area contributed by atoms with Gasteiger partial charge in [-0.15, -0.1) is 12.6 Å². The second kappa shape index (κ2) is 8.19. The minimum atomic E-state index is 0. The van der Waals surface area contributed by atoms with Crippen molar-refractivity contribution in [2.75, 3.05) is 13.1 Å². The van der Waals surface area contributed by atoms with E-state index in [4.69, 9.17) is 12.2 Å². The molecule has 0 atom stereocenters. The van der Waals surface area contributed by atoms with Gasteiger partial charge in [0.1, 0.15) is 4.32 Å². The largest absolute Gasteiger partial charge is 2.00 e. The molecule has 4 heteroatoms. The molecule has 0 N–H and O–H groups in total. The smallest absolute Gasteiger partial charge is 0.357 e. The van der Waals surface area contributed by atoms with Crippen molar-refractivity contribution in [2.45, 2.75) is 27.7 Å². The standard InChI is InChI=1S/C9H19NS2.Zn/c1-7(2)5-10(9(11)12)6-8(3)4;/h7-8H,5-6H2,1-4H3,(H,11,12);/q;+2. The first kappa shape index (κ1) is 16.3. The van der Waals surface area contributed by atoms with Crippen molar-refractivity contribution >= 4 is 29.2 Å². The maximum atomic E-state index is 5.04. The summed E-state index contributed by atoms with van der Waals surface area (Å²) in [4.78, 5) is 2.16. The fourth-order valence-electron chi connectivity index (χ4n) is 1.11. The minimum Gasteiger partial charge on any atom is -0.357 e. The molecule has 0 fully saturated rings. The summed E-state index contributed by atoms with van der Waals surface area (Å²) >= 11 is 9.24.